The molecule has 1 aliphatic rings. The molecule has 1 aromatic carbocycles. The van der Waals surface area contributed by atoms with Crippen molar-refractivity contribution in [3.05, 3.63) is 48.0 Å². The minimum atomic E-state index is -0.531. The number of aromatic nitrogens is 4. The number of carbonyl (C=O) groups is 1. The zero-order chi connectivity index (χ0) is 18.9. The molecule has 0 saturated carbocycles. The normalized spacial score (nSPS) is 18.5. The molecule has 8 heteroatoms. The number of nitrogens with zero attached hydrogens (tertiary/aromatic N) is 4. The lowest BCUT2D eigenvalue weighted by atomic mass is 10.1. The number of likely N-dealkylation sites (tertiary alicyclic amines) is 1. The van der Waals surface area contributed by atoms with E-state index in [9.17, 15) is 9.90 Å². The molecule has 1 saturated heterocycles. The fourth-order valence-corrected chi connectivity index (χ4v) is 3.93. The maximum absolute atomic E-state index is 12.2. The van der Waals surface area contributed by atoms with Crippen molar-refractivity contribution in [2.45, 2.75) is 49.4 Å². The Morgan fingerprint density at radius 1 is 1.33 bits per heavy atom. The highest BCUT2D eigenvalue weighted by atomic mass is 32.2. The number of carbonyl (C=O) groups excluding carboxylic acids is 1. The van der Waals surface area contributed by atoms with Crippen LogP contribution in [0.3, 0.4) is 0 Å². The van der Waals surface area contributed by atoms with Crippen LogP contribution in [0.25, 0.3) is 0 Å². The van der Waals surface area contributed by atoms with Gasteiger partial charge >= 0.3 is 0 Å². The Morgan fingerprint density at radius 2 is 2.19 bits per heavy atom. The van der Waals surface area contributed by atoms with Crippen LogP contribution in [0.1, 0.15) is 31.2 Å². The summed E-state index contributed by atoms with van der Waals surface area (Å²) in [4.78, 5) is 14.1. The van der Waals surface area contributed by atoms with Crippen molar-refractivity contribution in [1.82, 2.24) is 25.5 Å². The predicted octanol–water partition coefficient (Wildman–Crippen LogP) is 2.22. The first-order valence-corrected chi connectivity index (χ1v) is 10.3. The molecule has 2 aromatic rings. The number of hydrogen-bond acceptors (Lipinski definition) is 6. The van der Waals surface area contributed by atoms with Gasteiger partial charge in [0.1, 0.15) is 0 Å². The minimum absolute atomic E-state index is 0.0917. The molecule has 2 atom stereocenters. The number of aliphatic hydroxyl groups is 1. The SMILES string of the molecule is O=C1CC[C@H](C=CC(O)Cc2ccccc2)N1CCCCSc1nnn[nH]1. The van der Waals surface area contributed by atoms with Crippen LogP contribution in [0.15, 0.2) is 47.6 Å². The number of benzene rings is 1. The Kier molecular flexibility index (Phi) is 7.41. The fourth-order valence-electron chi connectivity index (χ4n) is 3.19. The summed E-state index contributed by atoms with van der Waals surface area (Å²) in [5, 5.41) is 24.6. The van der Waals surface area contributed by atoms with Crippen molar-refractivity contribution in [2.24, 2.45) is 0 Å². The Bertz CT molecular complexity index is 723. The maximum atomic E-state index is 12.2. The number of hydrogen-bond donors (Lipinski definition) is 2. The fraction of sp³-hybridized carbons (Fsp3) is 0.474. The van der Waals surface area contributed by atoms with E-state index in [1.165, 1.54) is 0 Å². The van der Waals surface area contributed by atoms with Gasteiger partial charge in [-0.3, -0.25) is 4.79 Å². The number of aromatic amines is 1. The molecule has 0 spiro atoms. The molecule has 0 bridgehead atoms. The zero-order valence-electron chi connectivity index (χ0n) is 15.2. The van der Waals surface area contributed by atoms with Crippen LogP contribution in [0.2, 0.25) is 0 Å². The van der Waals surface area contributed by atoms with Crippen molar-refractivity contribution in [2.75, 3.05) is 12.3 Å². The monoisotopic (exact) mass is 387 g/mol. The second-order valence-electron chi connectivity index (χ2n) is 6.60. The molecule has 0 radical (unpaired) electrons. The molecule has 1 amide bonds. The summed E-state index contributed by atoms with van der Waals surface area (Å²) < 4.78 is 0. The summed E-state index contributed by atoms with van der Waals surface area (Å²) in [7, 11) is 0. The largest absolute Gasteiger partial charge is 0.389 e. The number of unbranched alkanes of at least 4 members (excludes halogenated alkanes) is 1. The molecule has 0 aliphatic carbocycles. The van der Waals surface area contributed by atoms with Crippen LogP contribution in [0.5, 0.6) is 0 Å². The number of thioether (sulfide) groups is 1. The van der Waals surface area contributed by atoms with Crippen molar-refractivity contribution in [3.63, 3.8) is 0 Å². The molecule has 1 fully saturated rings. The van der Waals surface area contributed by atoms with Crippen molar-refractivity contribution in [1.29, 1.82) is 0 Å². The Balaban J connectivity index is 1.41. The van der Waals surface area contributed by atoms with Crippen molar-refractivity contribution < 1.29 is 9.90 Å². The van der Waals surface area contributed by atoms with Gasteiger partial charge in [0.15, 0.2) is 0 Å². The summed E-state index contributed by atoms with van der Waals surface area (Å²) in [6.45, 7) is 0.748. The lowest BCUT2D eigenvalue weighted by molar-refractivity contribution is -0.128. The summed E-state index contributed by atoms with van der Waals surface area (Å²) in [6.07, 6.45) is 7.22. The van der Waals surface area contributed by atoms with Crippen LogP contribution < -0.4 is 0 Å². The molecule has 1 aliphatic heterocycles. The van der Waals surface area contributed by atoms with E-state index in [1.54, 1.807) is 11.8 Å². The standard InChI is InChI=1S/C19H25N5O2S/c25-17(14-15-6-2-1-3-7-15)10-8-16-9-11-18(26)24(16)12-4-5-13-27-19-20-22-23-21-19/h1-3,6-8,10,16-17,25H,4-5,9,11-14H2,(H,20,21,22,23)/t16-,17?/m0/s1. The molecule has 27 heavy (non-hydrogen) atoms. The first-order valence-electron chi connectivity index (χ1n) is 9.28. The lowest BCUT2D eigenvalue weighted by Crippen LogP contribution is -2.33. The second kappa shape index (κ2) is 10.2. The van der Waals surface area contributed by atoms with Crippen molar-refractivity contribution in [3.8, 4) is 0 Å². The molecule has 7 nitrogen and oxygen atoms in total. The first kappa shape index (κ1) is 19.6. The molecular weight excluding hydrogens is 362 g/mol. The average Bonchev–Trinajstić information content (AvgIpc) is 3.31. The smallest absolute Gasteiger partial charge is 0.223 e. The third-order valence-electron chi connectivity index (χ3n) is 4.58. The Hall–Kier alpha value is -2.19. The number of tetrazole rings is 1. The number of amides is 1. The van der Waals surface area contributed by atoms with E-state index in [2.05, 4.69) is 20.6 Å². The van der Waals surface area contributed by atoms with Crippen LogP contribution in [-0.4, -0.2) is 61.0 Å². The van der Waals surface area contributed by atoms with E-state index >= 15 is 0 Å². The molecule has 144 valence electrons. The number of aliphatic hydroxyl groups excluding tert-OH is 1. The van der Waals surface area contributed by atoms with Crippen LogP contribution in [-0.2, 0) is 11.2 Å². The predicted molar refractivity (Wildman–Crippen MR) is 104 cm³/mol. The molecule has 1 aromatic heterocycles. The van der Waals surface area contributed by atoms with E-state index in [0.717, 1.165) is 42.3 Å². The quantitative estimate of drug-likeness (QED) is 0.369. The second-order valence-corrected chi connectivity index (χ2v) is 7.68. The van der Waals surface area contributed by atoms with Gasteiger partial charge in [-0.1, -0.05) is 54.2 Å². The van der Waals surface area contributed by atoms with Gasteiger partial charge in [-0.15, -0.1) is 5.10 Å². The zero-order valence-corrected chi connectivity index (χ0v) is 16.0. The highest BCUT2D eigenvalue weighted by Crippen LogP contribution is 2.21. The van der Waals surface area contributed by atoms with E-state index < -0.39 is 6.10 Å². The summed E-state index contributed by atoms with van der Waals surface area (Å²) in [5.74, 6) is 1.11. The van der Waals surface area contributed by atoms with Crippen LogP contribution >= 0.6 is 11.8 Å². The molecule has 2 N–H and O–H groups in total. The molecular formula is C19H25N5O2S. The number of rotatable bonds is 10. The highest BCUT2D eigenvalue weighted by molar-refractivity contribution is 7.99. The van der Waals surface area contributed by atoms with E-state index in [1.807, 2.05) is 47.4 Å². The topological polar surface area (TPSA) is 95.0 Å². The van der Waals surface area contributed by atoms with Gasteiger partial charge in [-0.05, 0) is 35.3 Å². The number of H-pyrrole nitrogens is 1. The minimum Gasteiger partial charge on any atom is -0.389 e. The van der Waals surface area contributed by atoms with Gasteiger partial charge in [-0.25, -0.2) is 5.10 Å². The van der Waals surface area contributed by atoms with E-state index in [-0.39, 0.29) is 11.9 Å². The summed E-state index contributed by atoms with van der Waals surface area (Å²) >= 11 is 1.58. The maximum Gasteiger partial charge on any atom is 0.223 e. The Morgan fingerprint density at radius 3 is 2.96 bits per heavy atom. The highest BCUT2D eigenvalue weighted by Gasteiger charge is 2.28. The average molecular weight is 388 g/mol. The van der Waals surface area contributed by atoms with Gasteiger partial charge in [0.25, 0.3) is 0 Å². The first-order chi connectivity index (χ1) is 13.2. The van der Waals surface area contributed by atoms with E-state index in [4.69, 9.17) is 0 Å². The van der Waals surface area contributed by atoms with Gasteiger partial charge in [0, 0.05) is 25.1 Å². The van der Waals surface area contributed by atoms with Gasteiger partial charge in [0.05, 0.1) is 12.1 Å². The molecule has 3 rings (SSSR count). The summed E-state index contributed by atoms with van der Waals surface area (Å²) in [5.41, 5.74) is 1.11. The van der Waals surface area contributed by atoms with Crippen LogP contribution in [0, 0.1) is 0 Å². The van der Waals surface area contributed by atoms with Gasteiger partial charge < -0.3 is 10.0 Å². The van der Waals surface area contributed by atoms with Crippen molar-refractivity contribution >= 4 is 17.7 Å². The van der Waals surface area contributed by atoms with Gasteiger partial charge in [-0.2, -0.15) is 0 Å². The van der Waals surface area contributed by atoms with Gasteiger partial charge in [0.2, 0.25) is 11.1 Å². The third kappa shape index (κ3) is 6.18. The number of nitrogens with one attached hydrogen (secondary N) is 1. The Labute approximate surface area is 163 Å². The molecule has 1 unspecified atom stereocenters. The third-order valence-corrected chi connectivity index (χ3v) is 5.51. The molecule has 2 heterocycles. The summed E-state index contributed by atoms with van der Waals surface area (Å²) in [6, 6.07) is 10.0. The lowest BCUT2D eigenvalue weighted by Gasteiger charge is -2.22. The van der Waals surface area contributed by atoms with Crippen LogP contribution in [0.4, 0.5) is 0 Å². The van der Waals surface area contributed by atoms with E-state index in [0.29, 0.717) is 12.8 Å².